The van der Waals surface area contributed by atoms with E-state index in [1.807, 2.05) is 12.1 Å². The Labute approximate surface area is 276 Å². The zero-order chi connectivity index (χ0) is 34.7. The number of aromatic hydroxyl groups is 1. The summed E-state index contributed by atoms with van der Waals surface area (Å²) in [6, 6.07) is 8.44. The Morgan fingerprint density at radius 1 is 0.750 bits per heavy atom. The molecule has 0 aliphatic carbocycles. The molecule has 0 spiro atoms. The SMILES string of the molecule is COc1cc(C2Oc3c(OC)cc(CCCO)cc3C2COC2OC(CO)C(O)C(O)C2OC2OC(CO)C(O)C(O)C2O)ccc1O. The lowest BCUT2D eigenvalue weighted by Gasteiger charge is -2.46. The first-order valence-corrected chi connectivity index (χ1v) is 15.6. The normalized spacial score (nSPS) is 34.8. The van der Waals surface area contributed by atoms with E-state index in [4.69, 9.17) is 33.2 Å². The number of rotatable bonds is 13. The predicted octanol–water partition coefficient (Wildman–Crippen LogP) is -1.81. The number of phenolic OH excluding ortho intramolecular Hbond substituents is 1. The van der Waals surface area contributed by atoms with Crippen LogP contribution in [0.2, 0.25) is 0 Å². The summed E-state index contributed by atoms with van der Waals surface area (Å²) in [5.74, 6) is 0.396. The highest BCUT2D eigenvalue weighted by Gasteiger charge is 2.51. The average molecular weight is 685 g/mol. The van der Waals surface area contributed by atoms with Gasteiger partial charge in [0.25, 0.3) is 0 Å². The van der Waals surface area contributed by atoms with Gasteiger partial charge >= 0.3 is 0 Å². The van der Waals surface area contributed by atoms with Crippen molar-refractivity contribution in [3.8, 4) is 23.0 Å². The molecule has 0 saturated carbocycles. The Kier molecular flexibility index (Phi) is 12.0. The maximum atomic E-state index is 11.1. The Bertz CT molecular complexity index is 1360. The van der Waals surface area contributed by atoms with E-state index < -0.39 is 86.6 Å². The average Bonchev–Trinajstić information content (AvgIpc) is 3.46. The minimum Gasteiger partial charge on any atom is -0.504 e. The zero-order valence-electron chi connectivity index (χ0n) is 26.4. The molecule has 2 fully saturated rings. The molecular weight excluding hydrogens is 640 g/mol. The van der Waals surface area contributed by atoms with Gasteiger partial charge in [0.15, 0.2) is 35.6 Å². The second-order valence-electron chi connectivity index (χ2n) is 12.0. The topological polar surface area (TPSA) is 247 Å². The first-order valence-electron chi connectivity index (χ1n) is 15.6. The highest BCUT2D eigenvalue weighted by atomic mass is 16.8. The number of methoxy groups -OCH3 is 2. The number of aryl methyl sites for hydroxylation is 1. The molecule has 5 rings (SSSR count). The van der Waals surface area contributed by atoms with E-state index in [0.717, 1.165) is 5.56 Å². The van der Waals surface area contributed by atoms with Crippen LogP contribution in [0.3, 0.4) is 0 Å². The minimum absolute atomic E-state index is 0.0204. The third-order valence-electron chi connectivity index (χ3n) is 8.93. The molecule has 0 amide bonds. The summed E-state index contributed by atoms with van der Waals surface area (Å²) in [7, 11) is 2.91. The van der Waals surface area contributed by atoms with Gasteiger partial charge in [-0.2, -0.15) is 0 Å². The maximum absolute atomic E-state index is 11.1. The van der Waals surface area contributed by atoms with E-state index in [2.05, 4.69) is 0 Å². The van der Waals surface area contributed by atoms with Crippen LogP contribution in [0.15, 0.2) is 30.3 Å². The summed E-state index contributed by atoms with van der Waals surface area (Å²) < 4.78 is 40.7. The Morgan fingerprint density at radius 2 is 1.42 bits per heavy atom. The lowest BCUT2D eigenvalue weighted by Crippen LogP contribution is -2.64. The summed E-state index contributed by atoms with van der Waals surface area (Å²) in [4.78, 5) is 0. The van der Waals surface area contributed by atoms with Crippen LogP contribution < -0.4 is 14.2 Å². The zero-order valence-corrected chi connectivity index (χ0v) is 26.4. The molecule has 12 atom stereocenters. The third-order valence-corrected chi connectivity index (χ3v) is 8.93. The number of fused-ring (bicyclic) bond motifs is 1. The van der Waals surface area contributed by atoms with E-state index in [-0.39, 0.29) is 24.7 Å². The molecule has 0 radical (unpaired) electrons. The number of aliphatic hydroxyl groups excluding tert-OH is 8. The summed E-state index contributed by atoms with van der Waals surface area (Å²) in [5.41, 5.74) is 2.14. The van der Waals surface area contributed by atoms with Crippen LogP contribution in [0.4, 0.5) is 0 Å². The number of benzene rings is 2. The molecule has 0 bridgehead atoms. The van der Waals surface area contributed by atoms with Gasteiger partial charge in [-0.15, -0.1) is 0 Å². The number of aliphatic hydroxyl groups is 8. The lowest BCUT2D eigenvalue weighted by atomic mass is 9.90. The summed E-state index contributed by atoms with van der Waals surface area (Å²) in [6.07, 6.45) is -15.7. The van der Waals surface area contributed by atoms with Crippen molar-refractivity contribution in [3.63, 3.8) is 0 Å². The number of ether oxygens (including phenoxy) is 7. The van der Waals surface area contributed by atoms with Gasteiger partial charge in [-0.3, -0.25) is 0 Å². The maximum Gasteiger partial charge on any atom is 0.187 e. The van der Waals surface area contributed by atoms with Gasteiger partial charge in [0, 0.05) is 12.2 Å². The van der Waals surface area contributed by atoms with E-state index in [1.54, 1.807) is 12.1 Å². The van der Waals surface area contributed by atoms with Crippen LogP contribution >= 0.6 is 0 Å². The molecule has 2 saturated heterocycles. The molecule has 16 heteroatoms. The number of hydrogen-bond acceptors (Lipinski definition) is 16. The smallest absolute Gasteiger partial charge is 0.187 e. The van der Waals surface area contributed by atoms with Crippen LogP contribution in [-0.4, -0.2) is 148 Å². The van der Waals surface area contributed by atoms with Crippen LogP contribution in [0, 0.1) is 0 Å². The molecular formula is C32H44O16. The molecule has 0 aromatic heterocycles. The Balaban J connectivity index is 1.47. The second kappa shape index (κ2) is 15.8. The van der Waals surface area contributed by atoms with Gasteiger partial charge in [-0.1, -0.05) is 12.1 Å². The standard InChI is InChI=1S/C32H44O16/c1-42-19-10-15(5-6-18(19)36)28-17(16-8-14(4-3-7-33)9-20(43-2)29(16)47-28)13-44-32-30(26(40)24(38)22(12-35)46-32)48-31-27(41)25(39)23(37)21(11-34)45-31/h5-6,8-10,17,21-28,30-41H,3-4,7,11-13H2,1-2H3. The van der Waals surface area contributed by atoms with Crippen molar-refractivity contribution in [1.82, 2.24) is 0 Å². The number of phenols is 1. The molecule has 2 aromatic carbocycles. The fourth-order valence-electron chi connectivity index (χ4n) is 6.25. The third kappa shape index (κ3) is 7.21. The van der Waals surface area contributed by atoms with E-state index >= 15 is 0 Å². The van der Waals surface area contributed by atoms with E-state index in [1.165, 1.54) is 20.3 Å². The fourth-order valence-corrected chi connectivity index (χ4v) is 6.25. The van der Waals surface area contributed by atoms with Gasteiger partial charge in [-0.05, 0) is 42.2 Å². The predicted molar refractivity (Wildman–Crippen MR) is 162 cm³/mol. The van der Waals surface area contributed by atoms with Crippen molar-refractivity contribution in [2.45, 2.75) is 86.3 Å². The van der Waals surface area contributed by atoms with Gasteiger partial charge in [-0.25, -0.2) is 0 Å². The summed E-state index contributed by atoms with van der Waals surface area (Å²) in [6.45, 7) is -1.61. The quantitative estimate of drug-likeness (QED) is 0.113. The molecule has 268 valence electrons. The molecule has 2 aromatic rings. The van der Waals surface area contributed by atoms with Crippen molar-refractivity contribution >= 4 is 0 Å². The molecule has 48 heavy (non-hydrogen) atoms. The molecule has 3 aliphatic rings. The van der Waals surface area contributed by atoms with Gasteiger partial charge in [0.2, 0.25) is 0 Å². The Hall–Kier alpha value is -2.84. The van der Waals surface area contributed by atoms with Crippen molar-refractivity contribution in [2.24, 2.45) is 0 Å². The van der Waals surface area contributed by atoms with Crippen molar-refractivity contribution in [3.05, 3.63) is 47.0 Å². The summed E-state index contributed by atoms with van der Waals surface area (Å²) in [5, 5.41) is 91.9. The van der Waals surface area contributed by atoms with Gasteiger partial charge < -0.3 is 79.1 Å². The Morgan fingerprint density at radius 3 is 2.06 bits per heavy atom. The van der Waals surface area contributed by atoms with Crippen molar-refractivity contribution in [2.75, 3.05) is 40.6 Å². The van der Waals surface area contributed by atoms with E-state index in [0.29, 0.717) is 35.5 Å². The molecule has 12 unspecified atom stereocenters. The second-order valence-corrected chi connectivity index (χ2v) is 12.0. The first kappa shape index (κ1) is 36.4. The van der Waals surface area contributed by atoms with Crippen LogP contribution in [0.1, 0.15) is 35.1 Å². The van der Waals surface area contributed by atoms with Crippen molar-refractivity contribution < 1.29 is 79.1 Å². The van der Waals surface area contributed by atoms with Gasteiger partial charge in [0.1, 0.15) is 54.9 Å². The van der Waals surface area contributed by atoms with Crippen LogP contribution in [-0.2, 0) is 25.4 Å². The van der Waals surface area contributed by atoms with Crippen LogP contribution in [0.5, 0.6) is 23.0 Å². The monoisotopic (exact) mass is 684 g/mol. The van der Waals surface area contributed by atoms with E-state index in [9.17, 15) is 46.0 Å². The lowest BCUT2D eigenvalue weighted by molar-refractivity contribution is -0.367. The minimum atomic E-state index is -1.82. The highest BCUT2D eigenvalue weighted by molar-refractivity contribution is 5.56. The van der Waals surface area contributed by atoms with Crippen LogP contribution in [0.25, 0.3) is 0 Å². The highest BCUT2D eigenvalue weighted by Crippen LogP contribution is 2.52. The molecule has 3 heterocycles. The fraction of sp³-hybridized carbons (Fsp3) is 0.625. The molecule has 9 N–H and O–H groups in total. The van der Waals surface area contributed by atoms with Crippen molar-refractivity contribution in [1.29, 1.82) is 0 Å². The summed E-state index contributed by atoms with van der Waals surface area (Å²) >= 11 is 0. The molecule has 3 aliphatic heterocycles. The number of hydrogen-bond donors (Lipinski definition) is 9. The largest absolute Gasteiger partial charge is 0.504 e. The molecule has 16 nitrogen and oxygen atoms in total. The first-order chi connectivity index (χ1) is 23.1. The van der Waals surface area contributed by atoms with Gasteiger partial charge in [0.05, 0.1) is 40.0 Å².